The monoisotopic (exact) mass is 524 g/mol. The van der Waals surface area contributed by atoms with Gasteiger partial charge in [0.1, 0.15) is 11.4 Å². The Morgan fingerprint density at radius 1 is 0.769 bits per heavy atom. The summed E-state index contributed by atoms with van der Waals surface area (Å²) in [6.07, 6.45) is 0.541. The number of aliphatic hydroxyl groups is 2. The first kappa shape index (κ1) is 27.1. The zero-order valence-electron chi connectivity index (χ0n) is 22.3. The SMILES string of the molecule is COc1ccc(C(O[C@@H]2C[C@H](COCc3ccccc3)[C@@](O)(CO)C2)(c2ccccc2)c2ccccc2)cc1. The van der Waals surface area contributed by atoms with E-state index in [1.54, 1.807) is 7.11 Å². The lowest BCUT2D eigenvalue weighted by Gasteiger charge is -2.38. The first-order valence-corrected chi connectivity index (χ1v) is 13.5. The molecule has 0 bridgehead atoms. The van der Waals surface area contributed by atoms with Crippen LogP contribution in [-0.4, -0.2) is 42.2 Å². The highest BCUT2D eigenvalue weighted by molar-refractivity contribution is 5.48. The number of rotatable bonds is 11. The second-order valence-corrected chi connectivity index (χ2v) is 10.3. The van der Waals surface area contributed by atoms with Crippen molar-refractivity contribution in [3.63, 3.8) is 0 Å². The first-order chi connectivity index (χ1) is 19.1. The highest BCUT2D eigenvalue weighted by Gasteiger charge is 2.50. The average molecular weight is 525 g/mol. The van der Waals surface area contributed by atoms with Crippen LogP contribution in [0.4, 0.5) is 0 Å². The Labute approximate surface area is 230 Å². The van der Waals surface area contributed by atoms with Gasteiger partial charge in [0, 0.05) is 12.3 Å². The lowest BCUT2D eigenvalue weighted by molar-refractivity contribution is -0.0832. The van der Waals surface area contributed by atoms with Gasteiger partial charge in [0.05, 0.1) is 38.6 Å². The fraction of sp³-hybridized carbons (Fsp3) is 0.294. The molecule has 4 aromatic carbocycles. The van der Waals surface area contributed by atoms with Crippen LogP contribution >= 0.6 is 0 Å². The molecule has 5 rings (SSSR count). The Kier molecular flexibility index (Phi) is 8.44. The van der Waals surface area contributed by atoms with Gasteiger partial charge in [0.25, 0.3) is 0 Å². The normalized spacial score (nSPS) is 21.1. The quantitative estimate of drug-likeness (QED) is 0.246. The standard InChI is InChI=1S/C34H36O5/c1-37-31-19-17-29(18-20-31)34(27-13-7-3-8-14-27,28-15-9-4-10-16-28)39-32-21-30(33(36,22-32)25-35)24-38-23-26-11-5-2-6-12-26/h2-20,30,32,35-36H,21-25H2,1H3/t30-,32-,33+/m1/s1. The third-order valence-corrected chi connectivity index (χ3v) is 7.79. The maximum Gasteiger partial charge on any atom is 0.144 e. The van der Waals surface area contributed by atoms with Crippen LogP contribution in [0.2, 0.25) is 0 Å². The fourth-order valence-corrected chi connectivity index (χ4v) is 5.71. The Hall–Kier alpha value is -3.48. The van der Waals surface area contributed by atoms with Crippen molar-refractivity contribution < 1.29 is 24.4 Å². The van der Waals surface area contributed by atoms with Crippen LogP contribution < -0.4 is 4.74 Å². The summed E-state index contributed by atoms with van der Waals surface area (Å²) in [4.78, 5) is 0. The summed E-state index contributed by atoms with van der Waals surface area (Å²) in [5, 5.41) is 21.7. The van der Waals surface area contributed by atoms with Gasteiger partial charge in [-0.3, -0.25) is 0 Å². The Balaban J connectivity index is 1.48. The van der Waals surface area contributed by atoms with Gasteiger partial charge in [-0.1, -0.05) is 103 Å². The molecule has 0 amide bonds. The third-order valence-electron chi connectivity index (χ3n) is 7.79. The van der Waals surface area contributed by atoms with Gasteiger partial charge in [0.15, 0.2) is 0 Å². The molecule has 1 saturated carbocycles. The van der Waals surface area contributed by atoms with Crippen molar-refractivity contribution in [1.29, 1.82) is 0 Å². The zero-order valence-corrected chi connectivity index (χ0v) is 22.3. The number of aliphatic hydroxyl groups excluding tert-OH is 1. The second kappa shape index (κ2) is 12.1. The van der Waals surface area contributed by atoms with E-state index >= 15 is 0 Å². The Morgan fingerprint density at radius 2 is 1.31 bits per heavy atom. The van der Waals surface area contributed by atoms with Crippen LogP contribution in [0.25, 0.3) is 0 Å². The summed E-state index contributed by atoms with van der Waals surface area (Å²) < 4.78 is 18.6. The summed E-state index contributed by atoms with van der Waals surface area (Å²) in [5.41, 5.74) is 1.77. The lowest BCUT2D eigenvalue weighted by Crippen LogP contribution is -2.40. The molecule has 0 saturated heterocycles. The molecule has 5 heteroatoms. The molecule has 1 fully saturated rings. The Morgan fingerprint density at radius 3 is 1.85 bits per heavy atom. The molecule has 5 nitrogen and oxygen atoms in total. The van der Waals surface area contributed by atoms with Crippen molar-refractivity contribution in [2.45, 2.75) is 36.8 Å². The molecule has 0 spiro atoms. The minimum absolute atomic E-state index is 0.267. The molecule has 0 heterocycles. The van der Waals surface area contributed by atoms with Crippen molar-refractivity contribution in [3.8, 4) is 5.75 Å². The van der Waals surface area contributed by atoms with E-state index in [1.165, 1.54) is 0 Å². The van der Waals surface area contributed by atoms with Crippen LogP contribution in [0.3, 0.4) is 0 Å². The van der Waals surface area contributed by atoms with Crippen LogP contribution in [0.15, 0.2) is 115 Å². The highest BCUT2D eigenvalue weighted by atomic mass is 16.5. The fourth-order valence-electron chi connectivity index (χ4n) is 5.71. The van der Waals surface area contributed by atoms with E-state index in [1.807, 2.05) is 91.0 Å². The molecule has 1 aliphatic carbocycles. The Bertz CT molecular complexity index is 1250. The molecule has 2 N–H and O–H groups in total. The summed E-state index contributed by atoms with van der Waals surface area (Å²) in [5.74, 6) is 0.497. The first-order valence-electron chi connectivity index (χ1n) is 13.5. The van der Waals surface area contributed by atoms with Gasteiger partial charge in [0.2, 0.25) is 0 Å². The molecule has 0 aliphatic heterocycles. The predicted octanol–water partition coefficient (Wildman–Crippen LogP) is 5.72. The lowest BCUT2D eigenvalue weighted by atomic mass is 9.79. The number of hydrogen-bond donors (Lipinski definition) is 2. The minimum Gasteiger partial charge on any atom is -0.497 e. The van der Waals surface area contributed by atoms with E-state index in [-0.39, 0.29) is 18.6 Å². The summed E-state index contributed by atoms with van der Waals surface area (Å²) >= 11 is 0. The molecule has 0 aromatic heterocycles. The van der Waals surface area contributed by atoms with Gasteiger partial charge < -0.3 is 24.4 Å². The zero-order chi connectivity index (χ0) is 27.1. The molecular formula is C34H36O5. The molecule has 1 aliphatic rings. The molecule has 0 unspecified atom stereocenters. The number of hydrogen-bond acceptors (Lipinski definition) is 5. The van der Waals surface area contributed by atoms with E-state index in [0.29, 0.717) is 26.1 Å². The van der Waals surface area contributed by atoms with Crippen LogP contribution in [0.1, 0.15) is 35.1 Å². The number of benzene rings is 4. The highest BCUT2D eigenvalue weighted by Crippen LogP contribution is 2.46. The molecule has 3 atom stereocenters. The van der Waals surface area contributed by atoms with Crippen LogP contribution in [-0.2, 0) is 21.7 Å². The topological polar surface area (TPSA) is 68.2 Å². The van der Waals surface area contributed by atoms with Crippen molar-refractivity contribution in [2.75, 3.05) is 20.3 Å². The summed E-state index contributed by atoms with van der Waals surface area (Å²) in [6.45, 7) is 0.435. The molecular weight excluding hydrogens is 488 g/mol. The third kappa shape index (κ3) is 5.77. The van der Waals surface area contributed by atoms with Gasteiger partial charge in [-0.05, 0) is 40.8 Å². The molecule has 4 aromatic rings. The average Bonchev–Trinajstić information content (AvgIpc) is 3.32. The van der Waals surface area contributed by atoms with Crippen molar-refractivity contribution >= 4 is 0 Å². The second-order valence-electron chi connectivity index (χ2n) is 10.3. The van der Waals surface area contributed by atoms with Crippen molar-refractivity contribution in [3.05, 3.63) is 138 Å². The van der Waals surface area contributed by atoms with E-state index in [0.717, 1.165) is 28.0 Å². The van der Waals surface area contributed by atoms with Gasteiger partial charge >= 0.3 is 0 Å². The van der Waals surface area contributed by atoms with Gasteiger partial charge in [-0.2, -0.15) is 0 Å². The smallest absolute Gasteiger partial charge is 0.144 e. The van der Waals surface area contributed by atoms with E-state index < -0.39 is 11.2 Å². The predicted molar refractivity (Wildman–Crippen MR) is 151 cm³/mol. The molecule has 0 radical (unpaired) electrons. The largest absolute Gasteiger partial charge is 0.497 e. The van der Waals surface area contributed by atoms with Crippen LogP contribution in [0, 0.1) is 5.92 Å². The summed E-state index contributed by atoms with van der Waals surface area (Å²) in [7, 11) is 1.65. The summed E-state index contributed by atoms with van der Waals surface area (Å²) in [6, 6.07) is 38.3. The van der Waals surface area contributed by atoms with Gasteiger partial charge in [-0.15, -0.1) is 0 Å². The van der Waals surface area contributed by atoms with E-state index in [4.69, 9.17) is 14.2 Å². The molecule has 202 valence electrons. The maximum absolute atomic E-state index is 11.5. The number of methoxy groups -OCH3 is 1. The molecule has 39 heavy (non-hydrogen) atoms. The van der Waals surface area contributed by atoms with E-state index in [2.05, 4.69) is 24.3 Å². The minimum atomic E-state index is -1.29. The van der Waals surface area contributed by atoms with Crippen LogP contribution in [0.5, 0.6) is 5.75 Å². The number of ether oxygens (including phenoxy) is 3. The van der Waals surface area contributed by atoms with Crippen molar-refractivity contribution in [1.82, 2.24) is 0 Å². The van der Waals surface area contributed by atoms with E-state index in [9.17, 15) is 10.2 Å². The van der Waals surface area contributed by atoms with Gasteiger partial charge in [-0.25, -0.2) is 0 Å². The maximum atomic E-state index is 11.5. The van der Waals surface area contributed by atoms with Crippen molar-refractivity contribution in [2.24, 2.45) is 5.92 Å².